The summed E-state index contributed by atoms with van der Waals surface area (Å²) in [4.78, 5) is 6.38. The van der Waals surface area contributed by atoms with E-state index in [1.165, 1.54) is 32.1 Å². The van der Waals surface area contributed by atoms with E-state index in [0.29, 0.717) is 43.0 Å². The summed E-state index contributed by atoms with van der Waals surface area (Å²) in [5.41, 5.74) is 0.714. The Hall–Kier alpha value is -1.82. The van der Waals surface area contributed by atoms with Gasteiger partial charge in [-0.3, -0.25) is 0 Å². The van der Waals surface area contributed by atoms with E-state index in [1.54, 1.807) is 13.3 Å². The Morgan fingerprint density at radius 1 is 1.36 bits per heavy atom. The molecule has 0 amide bonds. The molecule has 0 aromatic carbocycles. The smallest absolute Gasteiger partial charge is 0.224 e. The monoisotopic (exact) mass is 349 g/mol. The number of hydrogen-bond donors (Lipinski definition) is 1. The lowest BCUT2D eigenvalue weighted by molar-refractivity contribution is 0.164. The van der Waals surface area contributed by atoms with Gasteiger partial charge in [0.05, 0.1) is 18.8 Å². The van der Waals surface area contributed by atoms with Gasteiger partial charge in [-0.2, -0.15) is 0 Å². The topological polar surface area (TPSA) is 67.2 Å². The minimum Gasteiger partial charge on any atom is -0.477 e. The standard InChI is InChI=1S/C19H31N3O3/c1-15(2)22(12-13-24-3)18(21-23)17-10-7-11-20-19(17)25-14-16-8-5-4-6-9-16/h7,10-11,15-16,23H,4-6,8-9,12-14H2,1-3H3/b21-18-. The molecule has 0 atom stereocenters. The molecule has 0 radical (unpaired) electrons. The number of pyridine rings is 1. The van der Waals surface area contributed by atoms with E-state index < -0.39 is 0 Å². The van der Waals surface area contributed by atoms with E-state index >= 15 is 0 Å². The zero-order valence-corrected chi connectivity index (χ0v) is 15.6. The van der Waals surface area contributed by atoms with Gasteiger partial charge in [0.25, 0.3) is 0 Å². The Labute approximate surface area is 150 Å². The molecule has 6 heteroatoms. The molecular formula is C19H31N3O3. The third-order valence-corrected chi connectivity index (χ3v) is 4.72. The Morgan fingerprint density at radius 2 is 2.12 bits per heavy atom. The average Bonchev–Trinajstić information content (AvgIpc) is 2.64. The summed E-state index contributed by atoms with van der Waals surface area (Å²) in [5.74, 6) is 1.59. The van der Waals surface area contributed by atoms with Crippen LogP contribution in [0.2, 0.25) is 0 Å². The Bertz CT molecular complexity index is 542. The molecule has 0 bridgehead atoms. The molecule has 25 heavy (non-hydrogen) atoms. The minimum absolute atomic E-state index is 0.160. The molecule has 1 aliphatic carbocycles. The predicted molar refractivity (Wildman–Crippen MR) is 98.3 cm³/mol. The van der Waals surface area contributed by atoms with Gasteiger partial charge in [0.1, 0.15) is 0 Å². The first kappa shape index (κ1) is 19.5. The number of rotatable bonds is 8. The summed E-state index contributed by atoms with van der Waals surface area (Å²) < 4.78 is 11.2. The van der Waals surface area contributed by atoms with Crippen molar-refractivity contribution in [2.75, 3.05) is 26.9 Å². The first-order chi connectivity index (χ1) is 12.2. The van der Waals surface area contributed by atoms with Crippen LogP contribution in [0.3, 0.4) is 0 Å². The lowest BCUT2D eigenvalue weighted by atomic mass is 9.90. The van der Waals surface area contributed by atoms with Crippen molar-refractivity contribution >= 4 is 5.84 Å². The molecule has 2 rings (SSSR count). The van der Waals surface area contributed by atoms with E-state index in [4.69, 9.17) is 9.47 Å². The fraction of sp³-hybridized carbons (Fsp3) is 0.684. The lowest BCUT2D eigenvalue weighted by Crippen LogP contribution is -2.40. The lowest BCUT2D eigenvalue weighted by Gasteiger charge is -2.29. The molecule has 1 aromatic heterocycles. The van der Waals surface area contributed by atoms with Gasteiger partial charge >= 0.3 is 0 Å². The molecule has 1 saturated carbocycles. The Kier molecular flexibility index (Phi) is 7.98. The van der Waals surface area contributed by atoms with Crippen LogP contribution in [0.1, 0.15) is 51.5 Å². The molecule has 1 aliphatic rings. The summed E-state index contributed by atoms with van der Waals surface area (Å²) in [7, 11) is 1.66. The van der Waals surface area contributed by atoms with Gasteiger partial charge in [0, 0.05) is 25.9 Å². The number of ether oxygens (including phenoxy) is 2. The van der Waals surface area contributed by atoms with Crippen molar-refractivity contribution in [1.29, 1.82) is 0 Å². The second-order valence-corrected chi connectivity index (χ2v) is 6.87. The predicted octanol–water partition coefficient (Wildman–Crippen LogP) is 3.53. The SMILES string of the molecule is COCCN(/C(=N\O)c1cccnc1OCC1CCCCC1)C(C)C. The Morgan fingerprint density at radius 3 is 2.76 bits per heavy atom. The van der Waals surface area contributed by atoms with Crippen molar-refractivity contribution in [1.82, 2.24) is 9.88 Å². The average molecular weight is 349 g/mol. The minimum atomic E-state index is 0.160. The third kappa shape index (κ3) is 5.59. The molecule has 6 nitrogen and oxygen atoms in total. The van der Waals surface area contributed by atoms with Gasteiger partial charge in [0.2, 0.25) is 5.88 Å². The third-order valence-electron chi connectivity index (χ3n) is 4.72. The molecule has 1 fully saturated rings. The van der Waals surface area contributed by atoms with Crippen molar-refractivity contribution in [3.05, 3.63) is 23.9 Å². The van der Waals surface area contributed by atoms with Crippen LogP contribution in [-0.2, 0) is 4.74 Å². The van der Waals surface area contributed by atoms with E-state index in [0.717, 1.165) is 0 Å². The molecular weight excluding hydrogens is 318 g/mol. The van der Waals surface area contributed by atoms with Crippen LogP contribution >= 0.6 is 0 Å². The molecule has 0 saturated heterocycles. The van der Waals surface area contributed by atoms with Crippen LogP contribution in [0.25, 0.3) is 0 Å². The quantitative estimate of drug-likeness (QED) is 0.336. The summed E-state index contributed by atoms with van der Waals surface area (Å²) in [6.07, 6.45) is 8.04. The van der Waals surface area contributed by atoms with Crippen LogP contribution in [0, 0.1) is 5.92 Å². The fourth-order valence-electron chi connectivity index (χ4n) is 3.29. The molecule has 1 aromatic rings. The maximum atomic E-state index is 9.66. The summed E-state index contributed by atoms with van der Waals surface area (Å²) in [5, 5.41) is 13.2. The van der Waals surface area contributed by atoms with Gasteiger partial charge < -0.3 is 19.6 Å². The number of oxime groups is 1. The van der Waals surface area contributed by atoms with Crippen molar-refractivity contribution in [2.24, 2.45) is 11.1 Å². The van der Waals surface area contributed by atoms with Gasteiger partial charge in [0.15, 0.2) is 5.84 Å². The van der Waals surface area contributed by atoms with Gasteiger partial charge in [-0.15, -0.1) is 0 Å². The second-order valence-electron chi connectivity index (χ2n) is 6.87. The summed E-state index contributed by atoms with van der Waals surface area (Å²) in [6, 6.07) is 3.89. The highest BCUT2D eigenvalue weighted by molar-refractivity contribution is 6.00. The number of aromatic nitrogens is 1. The fourth-order valence-corrected chi connectivity index (χ4v) is 3.29. The van der Waals surface area contributed by atoms with Gasteiger partial charge in [-0.1, -0.05) is 24.4 Å². The maximum Gasteiger partial charge on any atom is 0.224 e. The zero-order chi connectivity index (χ0) is 18.1. The van der Waals surface area contributed by atoms with Crippen molar-refractivity contribution < 1.29 is 14.7 Å². The molecule has 0 spiro atoms. The van der Waals surface area contributed by atoms with E-state index in [2.05, 4.69) is 24.0 Å². The van der Waals surface area contributed by atoms with E-state index in [-0.39, 0.29) is 6.04 Å². The zero-order valence-electron chi connectivity index (χ0n) is 15.6. The maximum absolute atomic E-state index is 9.66. The van der Waals surface area contributed by atoms with Crippen LogP contribution in [0.5, 0.6) is 5.88 Å². The first-order valence-electron chi connectivity index (χ1n) is 9.23. The molecule has 0 aliphatic heterocycles. The molecule has 1 heterocycles. The van der Waals surface area contributed by atoms with Crippen molar-refractivity contribution in [3.63, 3.8) is 0 Å². The van der Waals surface area contributed by atoms with Gasteiger partial charge in [-0.05, 0) is 44.7 Å². The van der Waals surface area contributed by atoms with E-state index in [9.17, 15) is 5.21 Å². The normalized spacial score (nSPS) is 16.2. The molecule has 0 unspecified atom stereocenters. The highest BCUT2D eigenvalue weighted by Crippen LogP contribution is 2.25. The van der Waals surface area contributed by atoms with Crippen LogP contribution in [0.15, 0.2) is 23.5 Å². The van der Waals surface area contributed by atoms with Crippen molar-refractivity contribution in [2.45, 2.75) is 52.0 Å². The number of hydrogen-bond acceptors (Lipinski definition) is 5. The second kappa shape index (κ2) is 10.2. The first-order valence-corrected chi connectivity index (χ1v) is 9.23. The van der Waals surface area contributed by atoms with Crippen LogP contribution in [0.4, 0.5) is 0 Å². The van der Waals surface area contributed by atoms with Crippen LogP contribution < -0.4 is 4.74 Å². The molecule has 1 N–H and O–H groups in total. The van der Waals surface area contributed by atoms with Crippen LogP contribution in [-0.4, -0.2) is 53.8 Å². The van der Waals surface area contributed by atoms with Crippen molar-refractivity contribution in [3.8, 4) is 5.88 Å². The number of methoxy groups -OCH3 is 1. The summed E-state index contributed by atoms with van der Waals surface area (Å²) >= 11 is 0. The summed E-state index contributed by atoms with van der Waals surface area (Å²) in [6.45, 7) is 5.96. The highest BCUT2D eigenvalue weighted by atomic mass is 16.5. The largest absolute Gasteiger partial charge is 0.477 e. The number of nitrogens with zero attached hydrogens (tertiary/aromatic N) is 3. The Balaban J connectivity index is 2.15. The molecule has 140 valence electrons. The van der Waals surface area contributed by atoms with Gasteiger partial charge in [-0.25, -0.2) is 4.98 Å². The van der Waals surface area contributed by atoms with E-state index in [1.807, 2.05) is 17.0 Å². The highest BCUT2D eigenvalue weighted by Gasteiger charge is 2.22. The number of amidine groups is 1.